The van der Waals surface area contributed by atoms with Gasteiger partial charge in [-0.05, 0) is 35.4 Å². The minimum Gasteiger partial charge on any atom is -0.399 e. The molecule has 3 N–H and O–H groups in total. The first-order chi connectivity index (χ1) is 12.6. The second-order valence-corrected chi connectivity index (χ2v) is 6.61. The van der Waals surface area contributed by atoms with Crippen molar-refractivity contribution in [2.75, 3.05) is 17.6 Å². The van der Waals surface area contributed by atoms with Gasteiger partial charge in [0.25, 0.3) is 0 Å². The van der Waals surface area contributed by atoms with Crippen molar-refractivity contribution in [2.45, 2.75) is 32.6 Å². The number of rotatable bonds is 3. The second kappa shape index (κ2) is 7.22. The summed E-state index contributed by atoms with van der Waals surface area (Å²) in [7, 11) is 0. The van der Waals surface area contributed by atoms with Crippen LogP contribution in [0.5, 0.6) is 0 Å². The van der Waals surface area contributed by atoms with Crippen LogP contribution in [0.15, 0.2) is 18.2 Å². The van der Waals surface area contributed by atoms with E-state index in [2.05, 4.69) is 15.3 Å². The van der Waals surface area contributed by atoms with Crippen LogP contribution in [0.4, 0.5) is 24.7 Å². The van der Waals surface area contributed by atoms with Gasteiger partial charge in [-0.1, -0.05) is 0 Å². The average molecular weight is 400 g/mol. The van der Waals surface area contributed by atoms with E-state index >= 15 is 0 Å². The predicted octanol–water partition coefficient (Wildman–Crippen LogP) is 3.25. The normalized spacial score (nSPS) is 14.0. The number of carbonyl (C=O) groups excluding carboxylic acids is 1. The molecule has 0 unspecified atom stereocenters. The molecule has 1 amide bonds. The van der Waals surface area contributed by atoms with E-state index in [1.165, 1.54) is 13.0 Å². The van der Waals surface area contributed by atoms with Gasteiger partial charge in [0.15, 0.2) is 0 Å². The van der Waals surface area contributed by atoms with Crippen molar-refractivity contribution >= 4 is 29.0 Å². The number of amides is 1. The first-order valence-electron chi connectivity index (χ1n) is 8.15. The molecule has 2 aromatic rings. The molecule has 1 aliphatic rings. The number of alkyl halides is 3. The van der Waals surface area contributed by atoms with Crippen molar-refractivity contribution in [2.24, 2.45) is 0 Å². The van der Waals surface area contributed by atoms with Gasteiger partial charge < -0.3 is 16.0 Å². The molecule has 10 heteroatoms. The fourth-order valence-corrected chi connectivity index (χ4v) is 3.16. The third kappa shape index (κ3) is 4.41. The van der Waals surface area contributed by atoms with Crippen LogP contribution in [0.3, 0.4) is 0 Å². The zero-order valence-corrected chi connectivity index (χ0v) is 15.2. The molecule has 3 rings (SSSR count). The van der Waals surface area contributed by atoms with Crippen LogP contribution in [0.25, 0.3) is 0 Å². The van der Waals surface area contributed by atoms with Crippen molar-refractivity contribution in [3.63, 3.8) is 0 Å². The Morgan fingerprint density at radius 3 is 2.74 bits per heavy atom. The Kier molecular flexibility index (Phi) is 5.14. The van der Waals surface area contributed by atoms with Crippen LogP contribution in [0.2, 0.25) is 5.28 Å². The van der Waals surface area contributed by atoms with Crippen LogP contribution in [-0.2, 0) is 30.5 Å². The fourth-order valence-electron chi connectivity index (χ4n) is 2.97. The van der Waals surface area contributed by atoms with E-state index in [4.69, 9.17) is 17.3 Å². The fraction of sp³-hybridized carbons (Fsp3) is 0.353. The maximum absolute atomic E-state index is 13.0. The number of halogens is 4. The van der Waals surface area contributed by atoms with Gasteiger partial charge >= 0.3 is 6.18 Å². The lowest BCUT2D eigenvalue weighted by molar-refractivity contribution is -0.137. The Balaban J connectivity index is 1.86. The molecule has 0 spiro atoms. The number of nitrogens with one attached hydrogen (secondary N) is 1. The summed E-state index contributed by atoms with van der Waals surface area (Å²) in [5.41, 5.74) is 6.58. The zero-order chi connectivity index (χ0) is 19.8. The Morgan fingerprint density at radius 2 is 2.07 bits per heavy atom. The molecule has 0 bridgehead atoms. The third-order valence-corrected chi connectivity index (χ3v) is 4.45. The van der Waals surface area contributed by atoms with Gasteiger partial charge in [0, 0.05) is 37.7 Å². The molecule has 1 aromatic carbocycles. The number of aromatic nitrogens is 2. The summed E-state index contributed by atoms with van der Waals surface area (Å²) in [6, 6.07) is 3.37. The zero-order valence-electron chi connectivity index (χ0n) is 14.4. The highest BCUT2D eigenvalue weighted by molar-refractivity contribution is 6.28. The molecular formula is C17H17ClF3N5O. The van der Waals surface area contributed by atoms with Gasteiger partial charge in [0.1, 0.15) is 5.82 Å². The average Bonchev–Trinajstić information content (AvgIpc) is 2.57. The standard InChI is InChI=1S/C17H17ClF3N5O/c1-9(27)26-3-2-14-13(8-26)15(25-16(18)24-14)23-7-10-4-11(17(19,20)21)6-12(22)5-10/h4-6H,2-3,7-8,22H2,1H3,(H,23,24,25). The maximum atomic E-state index is 13.0. The smallest absolute Gasteiger partial charge is 0.399 e. The van der Waals surface area contributed by atoms with Gasteiger partial charge in [-0.2, -0.15) is 13.2 Å². The van der Waals surface area contributed by atoms with Gasteiger partial charge in [-0.3, -0.25) is 4.79 Å². The summed E-state index contributed by atoms with van der Waals surface area (Å²) < 4.78 is 38.9. The third-order valence-electron chi connectivity index (χ3n) is 4.28. The van der Waals surface area contributed by atoms with E-state index in [0.29, 0.717) is 36.5 Å². The molecule has 0 atom stereocenters. The molecular weight excluding hydrogens is 383 g/mol. The summed E-state index contributed by atoms with van der Waals surface area (Å²) in [5, 5.41) is 3.04. The SMILES string of the molecule is CC(=O)N1CCc2nc(Cl)nc(NCc3cc(N)cc(C(F)(F)F)c3)c2C1. The van der Waals surface area contributed by atoms with Gasteiger partial charge in [-0.15, -0.1) is 0 Å². The van der Waals surface area contributed by atoms with Crippen LogP contribution >= 0.6 is 11.6 Å². The Labute approximate surface area is 158 Å². The Bertz CT molecular complexity index is 888. The van der Waals surface area contributed by atoms with Crippen LogP contribution in [-0.4, -0.2) is 27.3 Å². The van der Waals surface area contributed by atoms with Crippen LogP contribution in [0, 0.1) is 0 Å². The Morgan fingerprint density at radius 1 is 1.33 bits per heavy atom. The molecule has 0 saturated carbocycles. The monoisotopic (exact) mass is 399 g/mol. The number of nitrogens with zero attached hydrogens (tertiary/aromatic N) is 3. The summed E-state index contributed by atoms with van der Waals surface area (Å²) >= 11 is 5.96. The largest absolute Gasteiger partial charge is 0.416 e. The minimum absolute atomic E-state index is 0.0205. The van der Waals surface area contributed by atoms with Crippen LogP contribution in [0.1, 0.15) is 29.3 Å². The van der Waals surface area contributed by atoms with E-state index in [1.54, 1.807) is 4.90 Å². The van der Waals surface area contributed by atoms with Gasteiger partial charge in [0.2, 0.25) is 11.2 Å². The lowest BCUT2D eigenvalue weighted by Crippen LogP contribution is -2.35. The van der Waals surface area contributed by atoms with Crippen molar-refractivity contribution in [3.8, 4) is 0 Å². The topological polar surface area (TPSA) is 84.1 Å². The summed E-state index contributed by atoms with van der Waals surface area (Å²) in [5.74, 6) is 0.319. The van der Waals surface area contributed by atoms with E-state index in [9.17, 15) is 18.0 Å². The number of fused-ring (bicyclic) bond motifs is 1. The number of hydrogen-bond acceptors (Lipinski definition) is 5. The lowest BCUT2D eigenvalue weighted by atomic mass is 10.1. The van der Waals surface area contributed by atoms with Crippen molar-refractivity contribution in [1.29, 1.82) is 0 Å². The van der Waals surface area contributed by atoms with Crippen molar-refractivity contribution in [3.05, 3.63) is 45.9 Å². The van der Waals surface area contributed by atoms with Crippen molar-refractivity contribution < 1.29 is 18.0 Å². The van der Waals surface area contributed by atoms with Crippen LogP contribution < -0.4 is 11.1 Å². The highest BCUT2D eigenvalue weighted by atomic mass is 35.5. The van der Waals surface area contributed by atoms with Crippen molar-refractivity contribution in [1.82, 2.24) is 14.9 Å². The maximum Gasteiger partial charge on any atom is 0.416 e. The molecule has 0 saturated heterocycles. The first-order valence-corrected chi connectivity index (χ1v) is 8.52. The predicted molar refractivity (Wildman–Crippen MR) is 95.0 cm³/mol. The summed E-state index contributed by atoms with van der Waals surface area (Å²) in [6.45, 7) is 2.38. The number of carbonyl (C=O) groups is 1. The molecule has 0 fully saturated rings. The molecule has 0 radical (unpaired) electrons. The van der Waals surface area contributed by atoms with Gasteiger partial charge in [0.05, 0.1) is 17.8 Å². The molecule has 27 heavy (non-hydrogen) atoms. The van der Waals surface area contributed by atoms with E-state index in [0.717, 1.165) is 17.8 Å². The van der Waals surface area contributed by atoms with E-state index < -0.39 is 11.7 Å². The molecule has 0 aliphatic carbocycles. The molecule has 1 aromatic heterocycles. The summed E-state index contributed by atoms with van der Waals surface area (Å²) in [4.78, 5) is 21.6. The Hall–Kier alpha value is -2.55. The molecule has 6 nitrogen and oxygen atoms in total. The molecule has 2 heterocycles. The van der Waals surface area contributed by atoms with E-state index in [-0.39, 0.29) is 23.4 Å². The summed E-state index contributed by atoms with van der Waals surface area (Å²) in [6.07, 6.45) is -3.95. The number of anilines is 2. The number of benzene rings is 1. The lowest BCUT2D eigenvalue weighted by Gasteiger charge is -2.28. The second-order valence-electron chi connectivity index (χ2n) is 6.27. The molecule has 1 aliphatic heterocycles. The van der Waals surface area contributed by atoms with Gasteiger partial charge in [-0.25, -0.2) is 9.97 Å². The van der Waals surface area contributed by atoms with E-state index in [1.807, 2.05) is 0 Å². The highest BCUT2D eigenvalue weighted by Crippen LogP contribution is 2.32. The number of nitrogen functional groups attached to an aromatic ring is 1. The quantitative estimate of drug-likeness (QED) is 0.611. The highest BCUT2D eigenvalue weighted by Gasteiger charge is 2.31. The molecule has 144 valence electrons. The first kappa shape index (κ1) is 19.2. The number of hydrogen-bond donors (Lipinski definition) is 2. The minimum atomic E-state index is -4.48. The number of nitrogens with two attached hydrogens (primary N) is 1.